The van der Waals surface area contributed by atoms with Gasteiger partial charge in [0, 0.05) is 0 Å². The van der Waals surface area contributed by atoms with Crippen molar-refractivity contribution in [3.05, 3.63) is 83.4 Å². The van der Waals surface area contributed by atoms with E-state index in [4.69, 9.17) is 0 Å². The summed E-state index contributed by atoms with van der Waals surface area (Å²) in [5.74, 6) is -0.194. The lowest BCUT2D eigenvalue weighted by Gasteiger charge is -2.12. The highest BCUT2D eigenvalue weighted by Crippen LogP contribution is 2.26. The lowest BCUT2D eigenvalue weighted by molar-refractivity contribution is -0.108. The van der Waals surface area contributed by atoms with Gasteiger partial charge in [-0.1, -0.05) is 72.3 Å². The Hall–Kier alpha value is -2.41. The Bertz CT molecular complexity index is 741. The maximum atomic E-state index is 11.5. The third-order valence-electron chi connectivity index (χ3n) is 3.71. The van der Waals surface area contributed by atoms with Crippen LogP contribution >= 0.6 is 0 Å². The van der Waals surface area contributed by atoms with Crippen LogP contribution < -0.4 is 0 Å². The van der Waals surface area contributed by atoms with Crippen molar-refractivity contribution >= 4 is 17.1 Å². The predicted octanol–water partition coefficient (Wildman–Crippen LogP) is 4.48. The summed E-state index contributed by atoms with van der Waals surface area (Å²) >= 11 is 0. The molecule has 0 amide bonds. The van der Waals surface area contributed by atoms with Gasteiger partial charge in [-0.3, -0.25) is 0 Å². The SMILES string of the molecule is Cc1ccc(C(C=O)c2ccc3ccccc3c2)cc1. The van der Waals surface area contributed by atoms with Gasteiger partial charge in [-0.05, 0) is 28.8 Å². The number of carbonyl (C=O) groups is 1. The van der Waals surface area contributed by atoms with Crippen LogP contribution in [0.3, 0.4) is 0 Å². The van der Waals surface area contributed by atoms with Crippen molar-refractivity contribution in [2.45, 2.75) is 12.8 Å². The second-order valence-corrected chi connectivity index (χ2v) is 5.13. The molecule has 1 atom stereocenters. The number of aryl methyl sites for hydroxylation is 1. The monoisotopic (exact) mass is 260 g/mol. The molecule has 1 unspecified atom stereocenters. The highest BCUT2D eigenvalue weighted by atomic mass is 16.1. The fourth-order valence-electron chi connectivity index (χ4n) is 2.52. The lowest BCUT2D eigenvalue weighted by atomic mass is 9.91. The quantitative estimate of drug-likeness (QED) is 0.635. The second kappa shape index (κ2) is 5.30. The molecule has 3 rings (SSSR count). The van der Waals surface area contributed by atoms with E-state index in [1.165, 1.54) is 16.3 Å². The van der Waals surface area contributed by atoms with E-state index in [9.17, 15) is 4.79 Å². The van der Waals surface area contributed by atoms with Gasteiger partial charge in [0.2, 0.25) is 0 Å². The third kappa shape index (κ3) is 2.35. The van der Waals surface area contributed by atoms with E-state index in [1.54, 1.807) is 0 Å². The minimum absolute atomic E-state index is 0.194. The average molecular weight is 260 g/mol. The molecule has 3 aromatic carbocycles. The van der Waals surface area contributed by atoms with Crippen molar-refractivity contribution in [3.63, 3.8) is 0 Å². The Labute approximate surface area is 118 Å². The Kier molecular flexibility index (Phi) is 3.34. The molecule has 0 fully saturated rings. The largest absolute Gasteiger partial charge is 0.302 e. The van der Waals surface area contributed by atoms with Crippen LogP contribution in [0.25, 0.3) is 10.8 Å². The Morgan fingerprint density at radius 2 is 1.45 bits per heavy atom. The minimum atomic E-state index is -0.194. The van der Waals surface area contributed by atoms with Gasteiger partial charge in [0.05, 0.1) is 5.92 Å². The van der Waals surface area contributed by atoms with E-state index in [0.29, 0.717) is 0 Å². The highest BCUT2D eigenvalue weighted by Gasteiger charge is 2.13. The Balaban J connectivity index is 2.06. The molecule has 0 N–H and O–H groups in total. The average Bonchev–Trinajstić information content (AvgIpc) is 2.50. The first kappa shape index (κ1) is 12.6. The van der Waals surface area contributed by atoms with Gasteiger partial charge in [0.1, 0.15) is 6.29 Å². The molecule has 0 heterocycles. The Morgan fingerprint density at radius 1 is 0.800 bits per heavy atom. The van der Waals surface area contributed by atoms with E-state index >= 15 is 0 Å². The van der Waals surface area contributed by atoms with Crippen LogP contribution in [-0.4, -0.2) is 6.29 Å². The molecular weight excluding hydrogens is 244 g/mol. The summed E-state index contributed by atoms with van der Waals surface area (Å²) in [5.41, 5.74) is 3.29. The van der Waals surface area contributed by atoms with E-state index in [1.807, 2.05) is 42.5 Å². The zero-order valence-electron chi connectivity index (χ0n) is 11.4. The van der Waals surface area contributed by atoms with Gasteiger partial charge >= 0.3 is 0 Å². The summed E-state index contributed by atoms with van der Waals surface area (Å²) in [6, 6.07) is 22.6. The van der Waals surface area contributed by atoms with Crippen LogP contribution in [0.5, 0.6) is 0 Å². The summed E-state index contributed by atoms with van der Waals surface area (Å²) in [7, 11) is 0. The predicted molar refractivity (Wildman–Crippen MR) is 83.0 cm³/mol. The third-order valence-corrected chi connectivity index (χ3v) is 3.71. The zero-order valence-corrected chi connectivity index (χ0v) is 11.4. The number of rotatable bonds is 3. The van der Waals surface area contributed by atoms with Crippen molar-refractivity contribution < 1.29 is 4.79 Å². The molecule has 20 heavy (non-hydrogen) atoms. The Morgan fingerprint density at radius 3 is 2.15 bits per heavy atom. The molecule has 1 heteroatoms. The summed E-state index contributed by atoms with van der Waals surface area (Å²) in [5, 5.41) is 2.37. The summed E-state index contributed by atoms with van der Waals surface area (Å²) in [6.45, 7) is 2.05. The molecular formula is C19H16O. The van der Waals surface area contributed by atoms with E-state index in [0.717, 1.165) is 17.4 Å². The number of hydrogen-bond acceptors (Lipinski definition) is 1. The summed E-state index contributed by atoms with van der Waals surface area (Å²) in [6.07, 6.45) is 1.02. The molecule has 0 radical (unpaired) electrons. The second-order valence-electron chi connectivity index (χ2n) is 5.13. The molecule has 0 aliphatic heterocycles. The molecule has 1 nitrogen and oxygen atoms in total. The van der Waals surface area contributed by atoms with Crippen LogP contribution in [0.4, 0.5) is 0 Å². The molecule has 0 saturated carbocycles. The molecule has 0 saturated heterocycles. The fraction of sp³-hybridized carbons (Fsp3) is 0.105. The normalized spacial score (nSPS) is 12.2. The minimum Gasteiger partial charge on any atom is -0.302 e. The first-order valence-electron chi connectivity index (χ1n) is 6.78. The molecule has 98 valence electrons. The number of hydrogen-bond donors (Lipinski definition) is 0. The van der Waals surface area contributed by atoms with Gasteiger partial charge < -0.3 is 4.79 Å². The van der Waals surface area contributed by atoms with Gasteiger partial charge in [-0.25, -0.2) is 0 Å². The van der Waals surface area contributed by atoms with Gasteiger partial charge in [-0.2, -0.15) is 0 Å². The van der Waals surface area contributed by atoms with Crippen molar-refractivity contribution in [1.29, 1.82) is 0 Å². The summed E-state index contributed by atoms with van der Waals surface area (Å²) in [4.78, 5) is 11.5. The van der Waals surface area contributed by atoms with E-state index < -0.39 is 0 Å². The molecule has 0 bridgehead atoms. The van der Waals surface area contributed by atoms with Crippen LogP contribution in [0.15, 0.2) is 66.7 Å². The van der Waals surface area contributed by atoms with Gasteiger partial charge in [-0.15, -0.1) is 0 Å². The standard InChI is InChI=1S/C19H16O/c1-14-6-8-16(9-7-14)19(13-20)18-11-10-15-4-2-3-5-17(15)12-18/h2-13,19H,1H3. The van der Waals surface area contributed by atoms with Crippen molar-refractivity contribution in [2.75, 3.05) is 0 Å². The van der Waals surface area contributed by atoms with E-state index in [2.05, 4.69) is 31.2 Å². The van der Waals surface area contributed by atoms with Crippen molar-refractivity contribution in [2.24, 2.45) is 0 Å². The number of carbonyl (C=O) groups excluding carboxylic acids is 1. The topological polar surface area (TPSA) is 17.1 Å². The van der Waals surface area contributed by atoms with Crippen LogP contribution in [0.1, 0.15) is 22.6 Å². The van der Waals surface area contributed by atoms with Gasteiger partial charge in [0.25, 0.3) is 0 Å². The molecule has 0 aliphatic rings. The lowest BCUT2D eigenvalue weighted by Crippen LogP contribution is -2.02. The van der Waals surface area contributed by atoms with Crippen LogP contribution in [-0.2, 0) is 4.79 Å². The first-order valence-corrected chi connectivity index (χ1v) is 6.78. The van der Waals surface area contributed by atoms with Gasteiger partial charge in [0.15, 0.2) is 0 Å². The van der Waals surface area contributed by atoms with Crippen molar-refractivity contribution in [1.82, 2.24) is 0 Å². The summed E-state index contributed by atoms with van der Waals surface area (Å²) < 4.78 is 0. The van der Waals surface area contributed by atoms with E-state index in [-0.39, 0.29) is 5.92 Å². The smallest absolute Gasteiger partial charge is 0.131 e. The number of fused-ring (bicyclic) bond motifs is 1. The maximum Gasteiger partial charge on any atom is 0.131 e. The zero-order chi connectivity index (χ0) is 13.9. The van der Waals surface area contributed by atoms with Crippen LogP contribution in [0.2, 0.25) is 0 Å². The van der Waals surface area contributed by atoms with Crippen molar-refractivity contribution in [3.8, 4) is 0 Å². The molecule has 0 aliphatic carbocycles. The molecule has 0 aromatic heterocycles. The molecule has 3 aromatic rings. The van der Waals surface area contributed by atoms with Crippen LogP contribution in [0, 0.1) is 6.92 Å². The fourth-order valence-corrected chi connectivity index (χ4v) is 2.52. The maximum absolute atomic E-state index is 11.5. The first-order chi connectivity index (χ1) is 9.78. The highest BCUT2D eigenvalue weighted by molar-refractivity contribution is 5.84. The molecule has 0 spiro atoms. The number of aldehydes is 1. The number of benzene rings is 3.